The molecule has 0 saturated heterocycles. The zero-order chi connectivity index (χ0) is 12.7. The van der Waals surface area contributed by atoms with Crippen molar-refractivity contribution in [2.24, 2.45) is 0 Å². The van der Waals surface area contributed by atoms with Gasteiger partial charge in [0.05, 0.1) is 12.6 Å². The van der Waals surface area contributed by atoms with Crippen LogP contribution in [0.3, 0.4) is 0 Å². The first-order valence-electron chi connectivity index (χ1n) is 4.98. The molecule has 1 aromatic rings. The molecule has 1 rings (SSSR count). The van der Waals surface area contributed by atoms with Crippen LogP contribution in [0.4, 0.5) is 8.78 Å². The van der Waals surface area contributed by atoms with Crippen molar-refractivity contribution >= 4 is 5.91 Å². The summed E-state index contributed by atoms with van der Waals surface area (Å²) in [4.78, 5) is 11.3. The Morgan fingerprint density at radius 3 is 2.94 bits per heavy atom. The largest absolute Gasteiger partial charge is 0.375 e. The molecule has 0 aliphatic heterocycles. The number of hydrogen-bond donors (Lipinski definition) is 2. The molecule has 7 nitrogen and oxygen atoms in total. The fourth-order valence-corrected chi connectivity index (χ4v) is 1.07. The summed E-state index contributed by atoms with van der Waals surface area (Å²) >= 11 is 0. The van der Waals surface area contributed by atoms with Gasteiger partial charge in [-0.15, -0.1) is 10.2 Å². The van der Waals surface area contributed by atoms with E-state index in [9.17, 15) is 13.6 Å². The van der Waals surface area contributed by atoms with Crippen molar-refractivity contribution in [1.82, 2.24) is 25.9 Å². The van der Waals surface area contributed by atoms with Crippen molar-refractivity contribution in [1.29, 1.82) is 0 Å². The van der Waals surface area contributed by atoms with Crippen molar-refractivity contribution in [3.8, 4) is 0 Å². The van der Waals surface area contributed by atoms with Crippen molar-refractivity contribution in [2.45, 2.75) is 25.8 Å². The number of nitrogens with zero attached hydrogens (tertiary/aromatic N) is 3. The first-order valence-corrected chi connectivity index (χ1v) is 4.98. The third-order valence-electron chi connectivity index (χ3n) is 1.84. The molecule has 0 aliphatic carbocycles. The number of tetrazole rings is 1. The van der Waals surface area contributed by atoms with E-state index in [0.29, 0.717) is 5.82 Å². The molecular formula is C8H13F2N5O2. The highest BCUT2D eigenvalue weighted by atomic mass is 19.3. The van der Waals surface area contributed by atoms with Gasteiger partial charge in [-0.3, -0.25) is 4.79 Å². The Labute approximate surface area is 95.9 Å². The number of H-pyrrole nitrogens is 1. The molecule has 17 heavy (non-hydrogen) atoms. The minimum absolute atomic E-state index is 0.00884. The fourth-order valence-electron chi connectivity index (χ4n) is 1.07. The number of alkyl halides is 2. The number of halogens is 2. The van der Waals surface area contributed by atoms with E-state index in [1.807, 2.05) is 0 Å². The third-order valence-corrected chi connectivity index (χ3v) is 1.84. The number of aromatic nitrogens is 4. The molecule has 1 heterocycles. The predicted molar refractivity (Wildman–Crippen MR) is 52.2 cm³/mol. The molecule has 0 aromatic carbocycles. The molecule has 0 bridgehead atoms. The summed E-state index contributed by atoms with van der Waals surface area (Å²) in [5.41, 5.74) is 0. The lowest BCUT2D eigenvalue weighted by Crippen LogP contribution is -2.28. The number of carbonyl (C=O) groups excluding carboxylic acids is 1. The molecule has 1 amide bonds. The van der Waals surface area contributed by atoms with Crippen molar-refractivity contribution < 1.29 is 18.3 Å². The van der Waals surface area contributed by atoms with E-state index in [1.54, 1.807) is 6.92 Å². The van der Waals surface area contributed by atoms with Crippen LogP contribution in [0.1, 0.15) is 25.2 Å². The number of hydrogen-bond acceptors (Lipinski definition) is 5. The second-order valence-corrected chi connectivity index (χ2v) is 3.28. The van der Waals surface area contributed by atoms with Gasteiger partial charge in [-0.2, -0.15) is 5.21 Å². The van der Waals surface area contributed by atoms with Gasteiger partial charge in [0.2, 0.25) is 5.91 Å². The SMILES string of the molecule is CC(NC(=O)CCOCC(F)F)c1nn[nH]n1. The Kier molecular flexibility index (Phi) is 5.40. The summed E-state index contributed by atoms with van der Waals surface area (Å²) in [6.45, 7) is 0.978. The van der Waals surface area contributed by atoms with E-state index in [-0.39, 0.29) is 18.9 Å². The van der Waals surface area contributed by atoms with Gasteiger partial charge < -0.3 is 10.1 Å². The van der Waals surface area contributed by atoms with Gasteiger partial charge in [-0.25, -0.2) is 8.78 Å². The van der Waals surface area contributed by atoms with Gasteiger partial charge in [0, 0.05) is 6.42 Å². The smallest absolute Gasteiger partial charge is 0.261 e. The lowest BCUT2D eigenvalue weighted by atomic mass is 10.3. The van der Waals surface area contributed by atoms with Gasteiger partial charge in [0.25, 0.3) is 6.43 Å². The first kappa shape index (κ1) is 13.4. The second-order valence-electron chi connectivity index (χ2n) is 3.28. The Bertz CT molecular complexity index is 333. The summed E-state index contributed by atoms with van der Waals surface area (Å²) in [7, 11) is 0. The van der Waals surface area contributed by atoms with E-state index in [0.717, 1.165) is 0 Å². The zero-order valence-electron chi connectivity index (χ0n) is 9.19. The molecule has 0 aliphatic rings. The van der Waals surface area contributed by atoms with Gasteiger partial charge >= 0.3 is 0 Å². The highest BCUT2D eigenvalue weighted by molar-refractivity contribution is 5.76. The van der Waals surface area contributed by atoms with Gasteiger partial charge in [-0.05, 0) is 6.92 Å². The quantitative estimate of drug-likeness (QED) is 0.666. The molecule has 1 aromatic heterocycles. The summed E-state index contributed by atoms with van der Waals surface area (Å²) in [5, 5.41) is 15.6. The van der Waals surface area contributed by atoms with Crippen LogP contribution in [0.2, 0.25) is 0 Å². The summed E-state index contributed by atoms with van der Waals surface area (Å²) in [6, 6.07) is -0.392. The molecule has 1 atom stereocenters. The Morgan fingerprint density at radius 2 is 2.35 bits per heavy atom. The van der Waals surface area contributed by atoms with Crippen molar-refractivity contribution in [3.63, 3.8) is 0 Å². The Morgan fingerprint density at radius 1 is 1.59 bits per heavy atom. The molecule has 0 radical (unpaired) electrons. The zero-order valence-corrected chi connectivity index (χ0v) is 9.19. The third kappa shape index (κ3) is 5.29. The normalized spacial score (nSPS) is 12.7. The van der Waals surface area contributed by atoms with Gasteiger partial charge in [0.1, 0.15) is 6.61 Å². The van der Waals surface area contributed by atoms with E-state index >= 15 is 0 Å². The Hall–Kier alpha value is -1.64. The molecule has 9 heteroatoms. The maximum absolute atomic E-state index is 11.7. The highest BCUT2D eigenvalue weighted by Crippen LogP contribution is 2.03. The molecule has 0 spiro atoms. The van der Waals surface area contributed by atoms with Crippen LogP contribution in [-0.4, -0.2) is 46.2 Å². The van der Waals surface area contributed by atoms with E-state index in [4.69, 9.17) is 0 Å². The average Bonchev–Trinajstić information content (AvgIpc) is 2.77. The van der Waals surface area contributed by atoms with Crippen LogP contribution in [0.25, 0.3) is 0 Å². The van der Waals surface area contributed by atoms with E-state index < -0.39 is 19.1 Å². The molecule has 0 saturated carbocycles. The standard InChI is InChI=1S/C8H13F2N5O2/c1-5(8-12-14-15-13-8)11-7(16)2-3-17-4-6(9)10/h5-6H,2-4H2,1H3,(H,11,16)(H,12,13,14,15). The first-order chi connectivity index (χ1) is 8.09. The topological polar surface area (TPSA) is 92.8 Å². The van der Waals surface area contributed by atoms with Crippen LogP contribution in [-0.2, 0) is 9.53 Å². The van der Waals surface area contributed by atoms with Crippen molar-refractivity contribution in [3.05, 3.63) is 5.82 Å². The predicted octanol–water partition coefficient (Wildman–Crippen LogP) is 0.0487. The lowest BCUT2D eigenvalue weighted by Gasteiger charge is -2.09. The molecular weight excluding hydrogens is 236 g/mol. The summed E-state index contributed by atoms with van der Waals surface area (Å²) in [5.74, 6) is 0.0309. The minimum Gasteiger partial charge on any atom is -0.375 e. The molecule has 2 N–H and O–H groups in total. The van der Waals surface area contributed by atoms with E-state index in [1.165, 1.54) is 0 Å². The number of carbonyl (C=O) groups is 1. The summed E-state index contributed by atoms with van der Waals surface area (Å²) in [6.07, 6.45) is -2.51. The minimum atomic E-state index is -2.52. The van der Waals surface area contributed by atoms with E-state index in [2.05, 4.69) is 30.7 Å². The maximum atomic E-state index is 11.7. The fraction of sp³-hybridized carbons (Fsp3) is 0.750. The maximum Gasteiger partial charge on any atom is 0.261 e. The number of aromatic amines is 1. The monoisotopic (exact) mass is 249 g/mol. The number of ether oxygens (including phenoxy) is 1. The van der Waals surface area contributed by atoms with Crippen LogP contribution in [0.15, 0.2) is 0 Å². The Balaban J connectivity index is 2.17. The van der Waals surface area contributed by atoms with Crippen molar-refractivity contribution in [2.75, 3.05) is 13.2 Å². The highest BCUT2D eigenvalue weighted by Gasteiger charge is 2.13. The second kappa shape index (κ2) is 6.84. The number of rotatable bonds is 7. The van der Waals surface area contributed by atoms with Gasteiger partial charge in [0.15, 0.2) is 5.82 Å². The van der Waals surface area contributed by atoms with Crippen LogP contribution < -0.4 is 5.32 Å². The average molecular weight is 249 g/mol. The van der Waals surface area contributed by atoms with Crippen LogP contribution in [0.5, 0.6) is 0 Å². The molecule has 96 valence electrons. The van der Waals surface area contributed by atoms with Gasteiger partial charge in [-0.1, -0.05) is 5.21 Å². The molecule has 0 fully saturated rings. The number of amides is 1. The molecule has 1 unspecified atom stereocenters. The number of nitrogens with one attached hydrogen (secondary N) is 2. The lowest BCUT2D eigenvalue weighted by molar-refractivity contribution is -0.123. The summed E-state index contributed by atoms with van der Waals surface area (Å²) < 4.78 is 28.0. The van der Waals surface area contributed by atoms with Crippen LogP contribution in [0, 0.1) is 0 Å². The van der Waals surface area contributed by atoms with Crippen LogP contribution >= 0.6 is 0 Å².